The van der Waals surface area contributed by atoms with E-state index >= 15 is 0 Å². The minimum atomic E-state index is 0.820. The molecule has 0 radical (unpaired) electrons. The minimum Gasteiger partial charge on any atom is -0.350 e. The Balaban J connectivity index is 1.27. The van der Waals surface area contributed by atoms with Crippen LogP contribution in [0.25, 0.3) is 11.0 Å². The predicted octanol–water partition coefficient (Wildman–Crippen LogP) is 3.68. The van der Waals surface area contributed by atoms with Crippen LogP contribution < -0.4 is 5.32 Å². The Kier molecular flexibility index (Phi) is 6.00. The molecule has 28 heavy (non-hydrogen) atoms. The molecule has 3 aromatic rings. The number of benzene rings is 1. The van der Waals surface area contributed by atoms with Gasteiger partial charge < -0.3 is 15.2 Å². The van der Waals surface area contributed by atoms with E-state index in [1.54, 1.807) is 0 Å². The van der Waals surface area contributed by atoms with Crippen LogP contribution >= 0.6 is 12.2 Å². The third kappa shape index (κ3) is 4.76. The molecule has 1 aromatic carbocycles. The highest BCUT2D eigenvalue weighted by atomic mass is 32.1. The molecule has 4 rings (SSSR count). The van der Waals surface area contributed by atoms with E-state index in [1.807, 2.05) is 18.5 Å². The first-order valence-corrected chi connectivity index (χ1v) is 10.3. The third-order valence-electron chi connectivity index (χ3n) is 5.40. The van der Waals surface area contributed by atoms with Gasteiger partial charge in [0.25, 0.3) is 0 Å². The van der Waals surface area contributed by atoms with E-state index in [-0.39, 0.29) is 0 Å². The van der Waals surface area contributed by atoms with Crippen molar-refractivity contribution in [2.75, 3.05) is 38.5 Å². The molecule has 146 valence electrons. The molecule has 5 nitrogen and oxygen atoms in total. The Morgan fingerprint density at radius 1 is 1.14 bits per heavy atom. The molecule has 3 heterocycles. The highest BCUT2D eigenvalue weighted by molar-refractivity contribution is 7.80. The fraction of sp³-hybridized carbons (Fsp3) is 0.364. The molecule has 1 aliphatic rings. The number of piperazine rings is 1. The van der Waals surface area contributed by atoms with Crippen molar-refractivity contribution < 1.29 is 0 Å². The van der Waals surface area contributed by atoms with Gasteiger partial charge in [-0.1, -0.05) is 24.4 Å². The van der Waals surface area contributed by atoms with Gasteiger partial charge in [-0.2, -0.15) is 0 Å². The summed E-state index contributed by atoms with van der Waals surface area (Å²) >= 11 is 5.56. The van der Waals surface area contributed by atoms with E-state index in [1.165, 1.54) is 16.5 Å². The van der Waals surface area contributed by atoms with Crippen molar-refractivity contribution in [1.82, 2.24) is 19.8 Å². The smallest absolute Gasteiger partial charge is 0.137 e. The molecular formula is C22H27N5S. The van der Waals surface area contributed by atoms with Crippen LogP contribution in [0.4, 0.5) is 5.69 Å². The van der Waals surface area contributed by atoms with Crippen LogP contribution in [0.2, 0.25) is 0 Å². The van der Waals surface area contributed by atoms with Gasteiger partial charge in [0, 0.05) is 62.6 Å². The molecule has 0 amide bonds. The number of nitrogens with one attached hydrogen (secondary N) is 2. The van der Waals surface area contributed by atoms with Crippen molar-refractivity contribution in [3.05, 3.63) is 59.9 Å². The van der Waals surface area contributed by atoms with Gasteiger partial charge in [0.2, 0.25) is 0 Å². The third-order valence-corrected chi connectivity index (χ3v) is 5.70. The van der Waals surface area contributed by atoms with Crippen molar-refractivity contribution in [3.63, 3.8) is 0 Å². The van der Waals surface area contributed by atoms with Gasteiger partial charge in [-0.15, -0.1) is 0 Å². The first kappa shape index (κ1) is 19.1. The second-order valence-corrected chi connectivity index (χ2v) is 8.03. The van der Waals surface area contributed by atoms with Crippen molar-refractivity contribution in [1.29, 1.82) is 0 Å². The van der Waals surface area contributed by atoms with Gasteiger partial charge in [0.1, 0.15) is 5.65 Å². The molecule has 2 N–H and O–H groups in total. The Labute approximate surface area is 171 Å². The second-order valence-electron chi connectivity index (χ2n) is 7.54. The lowest BCUT2D eigenvalue weighted by molar-refractivity contribution is 0.148. The molecule has 2 aromatic heterocycles. The van der Waals surface area contributed by atoms with Crippen molar-refractivity contribution in [2.24, 2.45) is 0 Å². The molecule has 0 atom stereocenters. The van der Waals surface area contributed by atoms with Gasteiger partial charge in [-0.25, -0.2) is 4.98 Å². The Morgan fingerprint density at radius 2 is 1.93 bits per heavy atom. The maximum atomic E-state index is 5.56. The number of fused-ring (bicyclic) bond motifs is 1. The van der Waals surface area contributed by atoms with Gasteiger partial charge in [0.15, 0.2) is 0 Å². The molecule has 0 saturated carbocycles. The number of rotatable bonds is 6. The number of thiocarbonyl (C=S) groups is 1. The lowest BCUT2D eigenvalue weighted by atomic mass is 10.1. The van der Waals surface area contributed by atoms with Gasteiger partial charge >= 0.3 is 0 Å². The van der Waals surface area contributed by atoms with E-state index in [2.05, 4.69) is 62.5 Å². The van der Waals surface area contributed by atoms with E-state index in [4.69, 9.17) is 12.2 Å². The first-order chi connectivity index (χ1) is 13.7. The summed E-state index contributed by atoms with van der Waals surface area (Å²) in [4.78, 5) is 13.3. The molecule has 0 bridgehead atoms. The van der Waals surface area contributed by atoms with Gasteiger partial charge in [-0.3, -0.25) is 4.90 Å². The normalized spacial score (nSPS) is 15.8. The first-order valence-electron chi connectivity index (χ1n) is 9.88. The fourth-order valence-corrected chi connectivity index (χ4v) is 3.87. The Bertz CT molecular complexity index is 926. The molecular weight excluding hydrogens is 366 g/mol. The number of H-pyrrole nitrogens is 1. The summed E-state index contributed by atoms with van der Waals surface area (Å²) in [5.41, 5.74) is 4.61. The SMILES string of the molecule is CN1CCN(Cc2ccc(NC(=S)CCc3c[nH]c4ncccc34)cc2)CC1. The maximum absolute atomic E-state index is 5.56. The number of pyridine rings is 1. The largest absolute Gasteiger partial charge is 0.350 e. The molecule has 0 unspecified atom stereocenters. The van der Waals surface area contributed by atoms with Crippen LogP contribution in [0.5, 0.6) is 0 Å². The van der Waals surface area contributed by atoms with Crippen LogP contribution in [-0.4, -0.2) is 58.0 Å². The number of anilines is 1. The summed E-state index contributed by atoms with van der Waals surface area (Å²) in [6.45, 7) is 5.61. The quantitative estimate of drug-likeness (QED) is 0.626. The average molecular weight is 394 g/mol. The Morgan fingerprint density at radius 3 is 2.71 bits per heavy atom. The number of aromatic amines is 1. The predicted molar refractivity (Wildman–Crippen MR) is 120 cm³/mol. The summed E-state index contributed by atoms with van der Waals surface area (Å²) in [5, 5.41) is 4.55. The molecule has 1 fully saturated rings. The van der Waals surface area contributed by atoms with Crippen LogP contribution in [0.15, 0.2) is 48.8 Å². The Hall–Kier alpha value is -2.28. The monoisotopic (exact) mass is 393 g/mol. The van der Waals surface area contributed by atoms with Gasteiger partial charge in [0.05, 0.1) is 4.99 Å². The highest BCUT2D eigenvalue weighted by Crippen LogP contribution is 2.18. The number of hydrogen-bond donors (Lipinski definition) is 2. The van der Waals surface area contributed by atoms with E-state index in [0.29, 0.717) is 0 Å². The second kappa shape index (κ2) is 8.82. The summed E-state index contributed by atoms with van der Waals surface area (Å²) in [7, 11) is 2.19. The molecule has 0 aliphatic carbocycles. The topological polar surface area (TPSA) is 47.2 Å². The summed E-state index contributed by atoms with van der Waals surface area (Å²) in [6.07, 6.45) is 5.56. The molecule has 1 saturated heterocycles. The van der Waals surface area contributed by atoms with Crippen LogP contribution in [0.3, 0.4) is 0 Å². The van der Waals surface area contributed by atoms with Crippen LogP contribution in [0, 0.1) is 0 Å². The molecule has 1 aliphatic heterocycles. The van der Waals surface area contributed by atoms with E-state index < -0.39 is 0 Å². The molecule has 0 spiro atoms. The van der Waals surface area contributed by atoms with Crippen LogP contribution in [0.1, 0.15) is 17.5 Å². The number of nitrogens with zero attached hydrogens (tertiary/aromatic N) is 3. The zero-order chi connectivity index (χ0) is 19.3. The highest BCUT2D eigenvalue weighted by Gasteiger charge is 2.13. The van der Waals surface area contributed by atoms with Crippen molar-refractivity contribution >= 4 is 33.9 Å². The number of likely N-dealkylation sites (N-methyl/N-ethyl adjacent to an activating group) is 1. The number of aryl methyl sites for hydroxylation is 1. The van der Waals surface area contributed by atoms with Gasteiger partial charge in [-0.05, 0) is 48.9 Å². The zero-order valence-electron chi connectivity index (χ0n) is 16.3. The van der Waals surface area contributed by atoms with Crippen LogP contribution in [-0.2, 0) is 13.0 Å². The lowest BCUT2D eigenvalue weighted by Gasteiger charge is -2.32. The number of hydrogen-bond acceptors (Lipinski definition) is 4. The summed E-state index contributed by atoms with van der Waals surface area (Å²) in [6, 6.07) is 12.7. The van der Waals surface area contributed by atoms with Crippen molar-refractivity contribution in [3.8, 4) is 0 Å². The van der Waals surface area contributed by atoms with Crippen molar-refractivity contribution in [2.45, 2.75) is 19.4 Å². The van der Waals surface area contributed by atoms with E-state index in [9.17, 15) is 0 Å². The number of aromatic nitrogens is 2. The summed E-state index contributed by atoms with van der Waals surface area (Å²) in [5.74, 6) is 0. The minimum absolute atomic E-state index is 0.820. The summed E-state index contributed by atoms with van der Waals surface area (Å²) < 4.78 is 0. The molecule has 6 heteroatoms. The van der Waals surface area contributed by atoms with E-state index in [0.717, 1.165) is 61.9 Å². The lowest BCUT2D eigenvalue weighted by Crippen LogP contribution is -2.43. The zero-order valence-corrected chi connectivity index (χ0v) is 17.1. The standard InChI is InChI=1S/C22H27N5S/c1-26-11-13-27(14-12-26)16-17-4-7-19(8-5-17)25-21(28)9-6-18-15-24-22-20(18)3-2-10-23-22/h2-5,7-8,10,15H,6,9,11-14,16H2,1H3,(H,23,24)(H,25,28). The fourth-order valence-electron chi connectivity index (χ4n) is 3.65. The average Bonchev–Trinajstić information content (AvgIpc) is 3.13. The maximum Gasteiger partial charge on any atom is 0.137 e.